The maximum atomic E-state index is 9.35. The summed E-state index contributed by atoms with van der Waals surface area (Å²) in [7, 11) is 1.92. The number of ether oxygens (including phenoxy) is 1. The Hall–Kier alpha value is -2.40. The van der Waals surface area contributed by atoms with Crippen LogP contribution < -0.4 is 4.74 Å². The third kappa shape index (κ3) is 2.60. The summed E-state index contributed by atoms with van der Waals surface area (Å²) in [5, 5.41) is 14.9. The van der Waals surface area contributed by atoms with Crippen LogP contribution in [-0.4, -0.2) is 19.9 Å². The van der Waals surface area contributed by atoms with E-state index in [1.165, 1.54) is 0 Å². The zero-order chi connectivity index (χ0) is 14.8. The number of fused-ring (bicyclic) bond motifs is 1. The Morgan fingerprint density at radius 2 is 1.95 bits per heavy atom. The van der Waals surface area contributed by atoms with Gasteiger partial charge in [-0.15, -0.1) is 0 Å². The molecule has 3 aromatic rings. The van der Waals surface area contributed by atoms with E-state index in [1.54, 1.807) is 0 Å². The van der Waals surface area contributed by atoms with Crippen LogP contribution in [-0.2, 0) is 20.3 Å². The fourth-order valence-electron chi connectivity index (χ4n) is 2.38. The number of para-hydroxylation sites is 1. The molecule has 5 nitrogen and oxygen atoms in total. The van der Waals surface area contributed by atoms with E-state index in [-0.39, 0.29) is 6.61 Å². The minimum atomic E-state index is -0.139. The van der Waals surface area contributed by atoms with E-state index in [1.807, 2.05) is 55.1 Å². The van der Waals surface area contributed by atoms with Crippen LogP contribution in [0.3, 0.4) is 0 Å². The van der Waals surface area contributed by atoms with Crippen molar-refractivity contribution < 1.29 is 9.84 Å². The van der Waals surface area contributed by atoms with Crippen molar-refractivity contribution in [2.75, 3.05) is 0 Å². The van der Waals surface area contributed by atoms with E-state index < -0.39 is 0 Å². The second kappa shape index (κ2) is 5.54. The molecule has 0 fully saturated rings. The molecule has 3 rings (SSSR count). The third-order valence-corrected chi connectivity index (χ3v) is 3.42. The maximum Gasteiger partial charge on any atom is 0.143 e. The molecule has 108 valence electrons. The summed E-state index contributed by atoms with van der Waals surface area (Å²) in [5.74, 6) is 0.595. The zero-order valence-electron chi connectivity index (χ0n) is 12.1. The van der Waals surface area contributed by atoms with E-state index in [0.29, 0.717) is 18.1 Å². The SMILES string of the molecule is Cc1ccc(OCc2nn(C)c3ccccc23)c(CO)n1. The number of rotatable bonds is 4. The number of aliphatic hydroxyl groups is 1. The van der Waals surface area contributed by atoms with Crippen molar-refractivity contribution in [1.29, 1.82) is 0 Å². The van der Waals surface area contributed by atoms with Crippen LogP contribution >= 0.6 is 0 Å². The average Bonchev–Trinajstić information content (AvgIpc) is 2.83. The van der Waals surface area contributed by atoms with Gasteiger partial charge in [-0.05, 0) is 25.1 Å². The first-order valence-electron chi connectivity index (χ1n) is 6.80. The molecular formula is C16H17N3O2. The van der Waals surface area contributed by atoms with Crippen LogP contribution in [0.15, 0.2) is 36.4 Å². The van der Waals surface area contributed by atoms with E-state index in [4.69, 9.17) is 4.74 Å². The van der Waals surface area contributed by atoms with Crippen molar-refractivity contribution in [2.45, 2.75) is 20.1 Å². The summed E-state index contributed by atoms with van der Waals surface area (Å²) in [4.78, 5) is 4.27. The highest BCUT2D eigenvalue weighted by Gasteiger charge is 2.10. The number of pyridine rings is 1. The molecule has 0 amide bonds. The number of hydrogen-bond donors (Lipinski definition) is 1. The Morgan fingerprint density at radius 1 is 1.14 bits per heavy atom. The second-order valence-electron chi connectivity index (χ2n) is 4.93. The smallest absolute Gasteiger partial charge is 0.143 e. The monoisotopic (exact) mass is 283 g/mol. The van der Waals surface area contributed by atoms with Crippen LogP contribution in [0.1, 0.15) is 17.1 Å². The topological polar surface area (TPSA) is 60.2 Å². The van der Waals surface area contributed by atoms with Gasteiger partial charge in [-0.25, -0.2) is 0 Å². The summed E-state index contributed by atoms with van der Waals surface area (Å²) < 4.78 is 7.63. The minimum Gasteiger partial charge on any atom is -0.485 e. The molecule has 2 heterocycles. The Kier molecular flexibility index (Phi) is 3.58. The second-order valence-corrected chi connectivity index (χ2v) is 4.93. The van der Waals surface area contributed by atoms with Crippen LogP contribution in [0.25, 0.3) is 10.9 Å². The minimum absolute atomic E-state index is 0.139. The first kappa shape index (κ1) is 13.6. The first-order valence-corrected chi connectivity index (χ1v) is 6.80. The Labute approximate surface area is 122 Å². The summed E-state index contributed by atoms with van der Waals surface area (Å²) in [6.45, 7) is 2.09. The van der Waals surface area contributed by atoms with E-state index in [9.17, 15) is 5.11 Å². The van der Waals surface area contributed by atoms with Gasteiger partial charge >= 0.3 is 0 Å². The van der Waals surface area contributed by atoms with E-state index in [2.05, 4.69) is 10.1 Å². The Bertz CT molecular complexity index is 780. The van der Waals surface area contributed by atoms with Crippen molar-refractivity contribution in [2.24, 2.45) is 7.05 Å². The standard InChI is InChI=1S/C16H17N3O2/c1-11-7-8-16(13(9-20)17-11)21-10-14-12-5-3-4-6-15(12)19(2)18-14/h3-8,20H,9-10H2,1-2H3. The number of nitrogens with zero attached hydrogens (tertiary/aromatic N) is 3. The van der Waals surface area contributed by atoms with Crippen molar-refractivity contribution in [1.82, 2.24) is 14.8 Å². The predicted octanol–water partition coefficient (Wildman–Crippen LogP) is 2.35. The van der Waals surface area contributed by atoms with Gasteiger partial charge in [-0.3, -0.25) is 9.67 Å². The predicted molar refractivity (Wildman–Crippen MR) is 79.9 cm³/mol. The summed E-state index contributed by atoms with van der Waals surface area (Å²) in [5.41, 5.74) is 3.35. The van der Waals surface area contributed by atoms with Crippen molar-refractivity contribution in [3.8, 4) is 5.75 Å². The molecule has 5 heteroatoms. The van der Waals surface area contributed by atoms with Gasteiger partial charge < -0.3 is 9.84 Å². The van der Waals surface area contributed by atoms with Crippen LogP contribution in [0.5, 0.6) is 5.75 Å². The van der Waals surface area contributed by atoms with Gasteiger partial charge in [0.25, 0.3) is 0 Å². The molecule has 0 unspecified atom stereocenters. The van der Waals surface area contributed by atoms with Gasteiger partial charge in [0.15, 0.2) is 0 Å². The molecule has 1 aromatic carbocycles. The van der Waals surface area contributed by atoms with Gasteiger partial charge in [0.1, 0.15) is 23.7 Å². The van der Waals surface area contributed by atoms with Crippen molar-refractivity contribution >= 4 is 10.9 Å². The Morgan fingerprint density at radius 3 is 2.76 bits per heavy atom. The molecule has 0 aliphatic rings. The van der Waals surface area contributed by atoms with Gasteiger partial charge in [-0.2, -0.15) is 5.10 Å². The quantitative estimate of drug-likeness (QED) is 0.798. The van der Waals surface area contributed by atoms with Crippen LogP contribution in [0.2, 0.25) is 0 Å². The molecule has 0 radical (unpaired) electrons. The third-order valence-electron chi connectivity index (χ3n) is 3.42. The molecule has 0 saturated carbocycles. The lowest BCUT2D eigenvalue weighted by Gasteiger charge is -2.09. The normalized spacial score (nSPS) is 11.0. The number of benzene rings is 1. The molecule has 0 saturated heterocycles. The zero-order valence-corrected chi connectivity index (χ0v) is 12.1. The highest BCUT2D eigenvalue weighted by Crippen LogP contribution is 2.21. The van der Waals surface area contributed by atoms with Crippen molar-refractivity contribution in [3.63, 3.8) is 0 Å². The van der Waals surface area contributed by atoms with Gasteiger partial charge in [0, 0.05) is 18.1 Å². The molecule has 2 aromatic heterocycles. The molecule has 0 spiro atoms. The lowest BCUT2D eigenvalue weighted by Crippen LogP contribution is -2.02. The molecule has 0 aliphatic heterocycles. The number of aliphatic hydroxyl groups excluding tert-OH is 1. The highest BCUT2D eigenvalue weighted by molar-refractivity contribution is 5.81. The lowest BCUT2D eigenvalue weighted by atomic mass is 10.2. The number of aromatic nitrogens is 3. The fourth-order valence-corrected chi connectivity index (χ4v) is 2.38. The molecule has 0 bridgehead atoms. The van der Waals surface area contributed by atoms with Crippen LogP contribution in [0, 0.1) is 6.92 Å². The first-order chi connectivity index (χ1) is 10.2. The molecule has 0 aliphatic carbocycles. The largest absolute Gasteiger partial charge is 0.485 e. The number of hydrogen-bond acceptors (Lipinski definition) is 4. The van der Waals surface area contributed by atoms with Crippen molar-refractivity contribution in [3.05, 3.63) is 53.5 Å². The van der Waals surface area contributed by atoms with Gasteiger partial charge in [-0.1, -0.05) is 18.2 Å². The van der Waals surface area contributed by atoms with E-state index in [0.717, 1.165) is 22.3 Å². The summed E-state index contributed by atoms with van der Waals surface area (Å²) in [6.07, 6.45) is 0. The maximum absolute atomic E-state index is 9.35. The summed E-state index contributed by atoms with van der Waals surface area (Å²) >= 11 is 0. The van der Waals surface area contributed by atoms with E-state index >= 15 is 0 Å². The average molecular weight is 283 g/mol. The lowest BCUT2D eigenvalue weighted by molar-refractivity contribution is 0.252. The van der Waals surface area contributed by atoms with Crippen LogP contribution in [0.4, 0.5) is 0 Å². The molecule has 21 heavy (non-hydrogen) atoms. The summed E-state index contributed by atoms with van der Waals surface area (Å²) in [6, 6.07) is 11.7. The molecular weight excluding hydrogens is 266 g/mol. The van der Waals surface area contributed by atoms with Gasteiger partial charge in [0.2, 0.25) is 0 Å². The Balaban J connectivity index is 1.87. The number of aryl methyl sites for hydroxylation is 2. The fraction of sp³-hybridized carbons (Fsp3) is 0.250. The molecule has 1 N–H and O–H groups in total. The highest BCUT2D eigenvalue weighted by atomic mass is 16.5. The van der Waals surface area contributed by atoms with Gasteiger partial charge in [0.05, 0.1) is 12.1 Å². The molecule has 0 atom stereocenters.